The van der Waals surface area contributed by atoms with Crippen LogP contribution >= 0.6 is 0 Å². The highest BCUT2D eigenvalue weighted by atomic mass is 19.1. The predicted octanol–water partition coefficient (Wildman–Crippen LogP) is 4.06. The third kappa shape index (κ3) is 2.11. The van der Waals surface area contributed by atoms with Crippen molar-refractivity contribution in [2.75, 3.05) is 0 Å². The number of hydrogen-bond donors (Lipinski definition) is 1. The molecule has 0 heterocycles. The molecule has 0 unspecified atom stereocenters. The summed E-state index contributed by atoms with van der Waals surface area (Å²) in [6.07, 6.45) is -0.952. The lowest BCUT2D eigenvalue weighted by Crippen LogP contribution is -2.03. The molecule has 3 aromatic rings. The third-order valence-electron chi connectivity index (χ3n) is 3.32. The van der Waals surface area contributed by atoms with Gasteiger partial charge < -0.3 is 5.11 Å². The second-order valence-corrected chi connectivity index (χ2v) is 4.49. The molecule has 1 atom stereocenters. The number of benzene rings is 3. The van der Waals surface area contributed by atoms with Crippen molar-refractivity contribution in [3.8, 4) is 0 Å². The number of rotatable bonds is 2. The number of fused-ring (bicyclic) bond motifs is 1. The van der Waals surface area contributed by atoms with Crippen molar-refractivity contribution < 1.29 is 9.50 Å². The Morgan fingerprint density at radius 2 is 1.37 bits per heavy atom. The molecule has 3 aromatic carbocycles. The molecule has 0 bridgehead atoms. The van der Waals surface area contributed by atoms with E-state index in [-0.39, 0.29) is 5.82 Å². The number of hydrogen-bond acceptors (Lipinski definition) is 1. The van der Waals surface area contributed by atoms with Gasteiger partial charge in [-0.3, -0.25) is 0 Å². The minimum atomic E-state index is -0.952. The van der Waals surface area contributed by atoms with Crippen LogP contribution in [0.3, 0.4) is 0 Å². The van der Waals surface area contributed by atoms with E-state index in [4.69, 9.17) is 0 Å². The molecule has 94 valence electrons. The summed E-state index contributed by atoms with van der Waals surface area (Å²) in [4.78, 5) is 0. The Bertz CT molecular complexity index is 716. The van der Waals surface area contributed by atoms with Crippen molar-refractivity contribution in [3.63, 3.8) is 0 Å². The van der Waals surface area contributed by atoms with Crippen LogP contribution < -0.4 is 0 Å². The van der Waals surface area contributed by atoms with Gasteiger partial charge in [0.05, 0.1) is 0 Å². The highest BCUT2D eigenvalue weighted by Crippen LogP contribution is 2.29. The molecule has 0 spiro atoms. The van der Waals surface area contributed by atoms with Gasteiger partial charge in [0, 0.05) is 5.56 Å². The number of aliphatic hydroxyl groups excluding tert-OH is 1. The molecule has 2 heteroatoms. The molecule has 0 saturated carbocycles. The van der Waals surface area contributed by atoms with Crippen molar-refractivity contribution in [2.45, 2.75) is 6.10 Å². The highest BCUT2D eigenvalue weighted by molar-refractivity contribution is 5.86. The lowest BCUT2D eigenvalue weighted by molar-refractivity contribution is 0.216. The van der Waals surface area contributed by atoms with Gasteiger partial charge in [-0.2, -0.15) is 0 Å². The summed E-state index contributed by atoms with van der Waals surface area (Å²) in [6, 6.07) is 19.8. The Morgan fingerprint density at radius 3 is 2.21 bits per heavy atom. The highest BCUT2D eigenvalue weighted by Gasteiger charge is 2.16. The van der Waals surface area contributed by atoms with Gasteiger partial charge in [-0.15, -0.1) is 0 Å². The van der Waals surface area contributed by atoms with Crippen LogP contribution in [-0.4, -0.2) is 5.11 Å². The fraction of sp³-hybridized carbons (Fsp3) is 0.0588. The summed E-state index contributed by atoms with van der Waals surface area (Å²) in [5.74, 6) is -0.386. The summed E-state index contributed by atoms with van der Waals surface area (Å²) < 4.78 is 13.8. The molecule has 0 fully saturated rings. The summed E-state index contributed by atoms with van der Waals surface area (Å²) in [5, 5.41) is 12.4. The van der Waals surface area contributed by atoms with E-state index in [1.165, 1.54) is 6.07 Å². The molecule has 0 aliphatic rings. The van der Waals surface area contributed by atoms with E-state index in [2.05, 4.69) is 0 Å². The maximum absolute atomic E-state index is 13.8. The van der Waals surface area contributed by atoms with Crippen LogP contribution in [0.25, 0.3) is 10.8 Å². The van der Waals surface area contributed by atoms with Gasteiger partial charge in [-0.05, 0) is 22.4 Å². The van der Waals surface area contributed by atoms with Crippen molar-refractivity contribution in [3.05, 3.63) is 83.7 Å². The van der Waals surface area contributed by atoms with Gasteiger partial charge in [-0.25, -0.2) is 4.39 Å². The van der Waals surface area contributed by atoms with Gasteiger partial charge in [-0.1, -0.05) is 60.7 Å². The molecule has 0 amide bonds. The van der Waals surface area contributed by atoms with Crippen LogP contribution in [0.4, 0.5) is 4.39 Å². The van der Waals surface area contributed by atoms with E-state index < -0.39 is 6.10 Å². The second-order valence-electron chi connectivity index (χ2n) is 4.49. The molecule has 3 rings (SSSR count). The maximum Gasteiger partial charge on any atom is 0.129 e. The standard InChI is InChI=1S/C17H13FO/c18-16-11-4-3-9-15(16)17(19)14-10-5-7-12-6-1-2-8-13(12)14/h1-11,17,19H/t17-/m0/s1. The first-order valence-electron chi connectivity index (χ1n) is 6.17. The van der Waals surface area contributed by atoms with Crippen molar-refractivity contribution in [2.24, 2.45) is 0 Å². The van der Waals surface area contributed by atoms with Crippen molar-refractivity contribution in [1.29, 1.82) is 0 Å². The zero-order chi connectivity index (χ0) is 13.2. The largest absolute Gasteiger partial charge is 0.384 e. The Hall–Kier alpha value is -2.19. The van der Waals surface area contributed by atoms with Crippen LogP contribution in [0.15, 0.2) is 66.7 Å². The van der Waals surface area contributed by atoms with Crippen LogP contribution in [0, 0.1) is 5.82 Å². The van der Waals surface area contributed by atoms with E-state index in [1.54, 1.807) is 18.2 Å². The van der Waals surface area contributed by atoms with Crippen LogP contribution in [0.2, 0.25) is 0 Å². The smallest absolute Gasteiger partial charge is 0.129 e. The monoisotopic (exact) mass is 252 g/mol. The van der Waals surface area contributed by atoms with Crippen LogP contribution in [-0.2, 0) is 0 Å². The van der Waals surface area contributed by atoms with E-state index in [1.807, 2.05) is 42.5 Å². The van der Waals surface area contributed by atoms with Gasteiger partial charge in [0.2, 0.25) is 0 Å². The minimum absolute atomic E-state index is 0.304. The minimum Gasteiger partial charge on any atom is -0.384 e. The first kappa shape index (κ1) is 11.9. The number of halogens is 1. The Morgan fingerprint density at radius 1 is 0.737 bits per heavy atom. The lowest BCUT2D eigenvalue weighted by atomic mass is 9.96. The first-order valence-corrected chi connectivity index (χ1v) is 6.17. The zero-order valence-electron chi connectivity index (χ0n) is 10.3. The summed E-state index contributed by atoms with van der Waals surface area (Å²) >= 11 is 0. The fourth-order valence-electron chi connectivity index (χ4n) is 2.35. The molecule has 0 aliphatic carbocycles. The topological polar surface area (TPSA) is 20.2 Å². The predicted molar refractivity (Wildman–Crippen MR) is 74.4 cm³/mol. The van der Waals surface area contributed by atoms with Gasteiger partial charge in [0.25, 0.3) is 0 Å². The Kier molecular flexibility index (Phi) is 3.02. The summed E-state index contributed by atoms with van der Waals surface area (Å²) in [5.41, 5.74) is 1.03. The molecule has 0 aliphatic heterocycles. The van der Waals surface area contributed by atoms with Gasteiger partial charge >= 0.3 is 0 Å². The summed E-state index contributed by atoms with van der Waals surface area (Å²) in [6.45, 7) is 0. The molecule has 0 aromatic heterocycles. The number of aliphatic hydroxyl groups is 1. The van der Waals surface area contributed by atoms with Gasteiger partial charge in [0.15, 0.2) is 0 Å². The van der Waals surface area contributed by atoms with Crippen LogP contribution in [0.1, 0.15) is 17.2 Å². The zero-order valence-corrected chi connectivity index (χ0v) is 10.3. The molecule has 0 saturated heterocycles. The Balaban J connectivity index is 2.17. The van der Waals surface area contributed by atoms with Crippen molar-refractivity contribution in [1.82, 2.24) is 0 Å². The van der Waals surface area contributed by atoms with Gasteiger partial charge in [0.1, 0.15) is 11.9 Å². The average Bonchev–Trinajstić information content (AvgIpc) is 2.46. The maximum atomic E-state index is 13.8. The second kappa shape index (κ2) is 4.82. The molecular formula is C17H13FO. The molecule has 0 radical (unpaired) electrons. The molecule has 1 nitrogen and oxygen atoms in total. The summed E-state index contributed by atoms with van der Waals surface area (Å²) in [7, 11) is 0. The third-order valence-corrected chi connectivity index (χ3v) is 3.32. The van der Waals surface area contributed by atoms with Crippen molar-refractivity contribution >= 4 is 10.8 Å². The van der Waals surface area contributed by atoms with E-state index >= 15 is 0 Å². The van der Waals surface area contributed by atoms with Crippen LogP contribution in [0.5, 0.6) is 0 Å². The Labute approximate surface area is 110 Å². The fourth-order valence-corrected chi connectivity index (χ4v) is 2.35. The quantitative estimate of drug-likeness (QED) is 0.729. The average molecular weight is 252 g/mol. The first-order chi connectivity index (χ1) is 9.27. The van der Waals surface area contributed by atoms with E-state index in [9.17, 15) is 9.50 Å². The molecule has 19 heavy (non-hydrogen) atoms. The van der Waals surface area contributed by atoms with E-state index in [0.717, 1.165) is 16.3 Å². The normalized spacial score (nSPS) is 12.5. The molecular weight excluding hydrogens is 239 g/mol. The lowest BCUT2D eigenvalue weighted by Gasteiger charge is -2.14. The SMILES string of the molecule is O[C@H](c1ccccc1F)c1cccc2ccccc12. The molecule has 1 N–H and O–H groups in total. The van der Waals surface area contributed by atoms with E-state index in [0.29, 0.717) is 5.56 Å².